The van der Waals surface area contributed by atoms with Gasteiger partial charge in [0.05, 0.1) is 16.8 Å². The molecule has 0 spiro atoms. The van der Waals surface area contributed by atoms with Crippen LogP contribution in [-0.4, -0.2) is 35.6 Å². The summed E-state index contributed by atoms with van der Waals surface area (Å²) in [5.74, 6) is 0.455. The van der Waals surface area contributed by atoms with Gasteiger partial charge >= 0.3 is 5.97 Å². The first-order valence-corrected chi connectivity index (χ1v) is 10.4. The lowest BCUT2D eigenvalue weighted by atomic mass is 10.2. The molecule has 0 saturated heterocycles. The molecule has 1 aromatic heterocycles. The summed E-state index contributed by atoms with van der Waals surface area (Å²) >= 11 is 3.46. The SMILES string of the molecule is Cc1noc(C)c1COc1ccc(C(=O)OCC(=O)N(C)Cc2ccccc2Br)cc1. The van der Waals surface area contributed by atoms with Gasteiger partial charge in [0.1, 0.15) is 18.1 Å². The van der Waals surface area contributed by atoms with Crippen LogP contribution in [0.25, 0.3) is 0 Å². The molecule has 0 aliphatic carbocycles. The number of halogens is 1. The van der Waals surface area contributed by atoms with E-state index in [0.29, 0.717) is 30.2 Å². The Morgan fingerprint density at radius 1 is 1.10 bits per heavy atom. The maximum Gasteiger partial charge on any atom is 0.338 e. The van der Waals surface area contributed by atoms with Crippen molar-refractivity contribution in [2.45, 2.75) is 27.0 Å². The summed E-state index contributed by atoms with van der Waals surface area (Å²) in [7, 11) is 1.67. The van der Waals surface area contributed by atoms with Crippen LogP contribution in [-0.2, 0) is 22.7 Å². The molecular formula is C23H23BrN2O5. The van der Waals surface area contributed by atoms with Crippen molar-refractivity contribution >= 4 is 27.8 Å². The molecule has 0 aliphatic rings. The lowest BCUT2D eigenvalue weighted by molar-refractivity contribution is -0.133. The number of aryl methyl sites for hydroxylation is 2. The summed E-state index contributed by atoms with van der Waals surface area (Å²) in [6, 6.07) is 14.2. The van der Waals surface area contributed by atoms with Crippen LogP contribution in [0.5, 0.6) is 5.75 Å². The number of benzene rings is 2. The van der Waals surface area contributed by atoms with E-state index in [4.69, 9.17) is 14.0 Å². The van der Waals surface area contributed by atoms with E-state index in [0.717, 1.165) is 21.3 Å². The Morgan fingerprint density at radius 3 is 2.45 bits per heavy atom. The van der Waals surface area contributed by atoms with Crippen LogP contribution in [0, 0.1) is 13.8 Å². The summed E-state index contributed by atoms with van der Waals surface area (Å²) in [5.41, 5.74) is 2.99. The molecule has 0 bridgehead atoms. The van der Waals surface area contributed by atoms with Gasteiger partial charge in [0.15, 0.2) is 6.61 Å². The molecule has 162 valence electrons. The minimum atomic E-state index is -0.570. The van der Waals surface area contributed by atoms with Crippen LogP contribution in [0.15, 0.2) is 57.5 Å². The number of esters is 1. The number of ether oxygens (including phenoxy) is 2. The number of likely N-dealkylation sites (N-methyl/N-ethyl adjacent to an activating group) is 1. The van der Waals surface area contributed by atoms with E-state index in [1.807, 2.05) is 38.1 Å². The second-order valence-electron chi connectivity index (χ2n) is 7.03. The van der Waals surface area contributed by atoms with Gasteiger partial charge in [-0.1, -0.05) is 39.3 Å². The van der Waals surface area contributed by atoms with Gasteiger partial charge in [0.2, 0.25) is 0 Å². The molecule has 31 heavy (non-hydrogen) atoms. The Balaban J connectivity index is 1.49. The Labute approximate surface area is 189 Å². The van der Waals surface area contributed by atoms with Crippen molar-refractivity contribution in [3.8, 4) is 5.75 Å². The van der Waals surface area contributed by atoms with Gasteiger partial charge in [-0.15, -0.1) is 0 Å². The summed E-state index contributed by atoms with van der Waals surface area (Å²) in [4.78, 5) is 26.1. The van der Waals surface area contributed by atoms with E-state index in [2.05, 4.69) is 21.1 Å². The minimum absolute atomic E-state index is 0.288. The fourth-order valence-corrected chi connectivity index (χ4v) is 3.25. The first-order chi connectivity index (χ1) is 14.8. The molecule has 0 aliphatic heterocycles. The van der Waals surface area contributed by atoms with Gasteiger partial charge in [-0.25, -0.2) is 4.79 Å². The maximum absolute atomic E-state index is 12.3. The number of nitrogens with zero attached hydrogens (tertiary/aromatic N) is 2. The lowest BCUT2D eigenvalue weighted by Crippen LogP contribution is -2.30. The zero-order chi connectivity index (χ0) is 22.4. The monoisotopic (exact) mass is 486 g/mol. The number of amides is 1. The Kier molecular flexibility index (Phi) is 7.46. The summed E-state index contributed by atoms with van der Waals surface area (Å²) in [6.45, 7) is 4.09. The number of carbonyl (C=O) groups is 2. The van der Waals surface area contributed by atoms with Crippen molar-refractivity contribution in [1.29, 1.82) is 0 Å². The fraction of sp³-hybridized carbons (Fsp3) is 0.261. The van der Waals surface area contributed by atoms with Gasteiger partial charge in [0.25, 0.3) is 5.91 Å². The third kappa shape index (κ3) is 5.95. The summed E-state index contributed by atoms with van der Waals surface area (Å²) in [5, 5.41) is 3.89. The van der Waals surface area contributed by atoms with E-state index >= 15 is 0 Å². The molecule has 7 nitrogen and oxygen atoms in total. The zero-order valence-electron chi connectivity index (χ0n) is 17.6. The predicted molar refractivity (Wildman–Crippen MR) is 118 cm³/mol. The lowest BCUT2D eigenvalue weighted by Gasteiger charge is -2.18. The molecule has 0 atom stereocenters. The van der Waals surface area contributed by atoms with Crippen LogP contribution >= 0.6 is 15.9 Å². The predicted octanol–water partition coefficient (Wildman–Crippen LogP) is 4.45. The highest BCUT2D eigenvalue weighted by Crippen LogP contribution is 2.19. The average Bonchev–Trinajstić information content (AvgIpc) is 3.09. The van der Waals surface area contributed by atoms with Crippen molar-refractivity contribution in [2.24, 2.45) is 0 Å². The molecule has 3 rings (SSSR count). The van der Waals surface area contributed by atoms with E-state index in [9.17, 15) is 9.59 Å². The first kappa shape index (κ1) is 22.6. The maximum atomic E-state index is 12.3. The zero-order valence-corrected chi connectivity index (χ0v) is 19.1. The van der Waals surface area contributed by atoms with Crippen molar-refractivity contribution in [2.75, 3.05) is 13.7 Å². The fourth-order valence-electron chi connectivity index (χ4n) is 2.84. The van der Waals surface area contributed by atoms with E-state index < -0.39 is 5.97 Å². The average molecular weight is 487 g/mol. The van der Waals surface area contributed by atoms with Crippen LogP contribution in [0.3, 0.4) is 0 Å². The van der Waals surface area contributed by atoms with Gasteiger partial charge < -0.3 is 18.9 Å². The number of aromatic nitrogens is 1. The topological polar surface area (TPSA) is 81.9 Å². The quantitative estimate of drug-likeness (QED) is 0.437. The van der Waals surface area contributed by atoms with Crippen molar-refractivity contribution in [1.82, 2.24) is 10.1 Å². The van der Waals surface area contributed by atoms with Crippen molar-refractivity contribution < 1.29 is 23.6 Å². The first-order valence-electron chi connectivity index (χ1n) is 9.64. The second-order valence-corrected chi connectivity index (χ2v) is 7.89. The highest BCUT2D eigenvalue weighted by molar-refractivity contribution is 9.10. The minimum Gasteiger partial charge on any atom is -0.489 e. The van der Waals surface area contributed by atoms with Crippen molar-refractivity contribution in [3.05, 3.63) is 81.1 Å². The number of hydrogen-bond donors (Lipinski definition) is 0. The number of hydrogen-bond acceptors (Lipinski definition) is 6. The molecule has 2 aromatic carbocycles. The van der Waals surface area contributed by atoms with E-state index in [-0.39, 0.29) is 12.5 Å². The Hall–Kier alpha value is -3.13. The van der Waals surface area contributed by atoms with Gasteiger partial charge in [-0.3, -0.25) is 4.79 Å². The number of rotatable bonds is 8. The number of carbonyl (C=O) groups excluding carboxylic acids is 2. The third-order valence-corrected chi connectivity index (χ3v) is 5.55. The smallest absolute Gasteiger partial charge is 0.338 e. The molecule has 8 heteroatoms. The summed E-state index contributed by atoms with van der Waals surface area (Å²) < 4.78 is 16.9. The van der Waals surface area contributed by atoms with Crippen LogP contribution in [0.1, 0.15) is 32.9 Å². The molecule has 0 radical (unpaired) electrons. The Bertz CT molecular complexity index is 1040. The van der Waals surface area contributed by atoms with Gasteiger partial charge in [-0.05, 0) is 49.7 Å². The second kappa shape index (κ2) is 10.3. The molecule has 3 aromatic rings. The molecular weight excluding hydrogens is 464 g/mol. The van der Waals surface area contributed by atoms with Crippen LogP contribution < -0.4 is 4.74 Å². The molecule has 0 fully saturated rings. The van der Waals surface area contributed by atoms with Gasteiger partial charge in [0, 0.05) is 18.1 Å². The van der Waals surface area contributed by atoms with Crippen molar-refractivity contribution in [3.63, 3.8) is 0 Å². The standard InChI is InChI=1S/C23H23BrN2O5/c1-15-20(16(2)31-25-15)13-29-19-10-8-17(9-11-19)23(28)30-14-22(27)26(3)12-18-6-4-5-7-21(18)24/h4-11H,12-14H2,1-3H3. The largest absolute Gasteiger partial charge is 0.489 e. The van der Waals surface area contributed by atoms with Crippen LogP contribution in [0.2, 0.25) is 0 Å². The van der Waals surface area contributed by atoms with Crippen LogP contribution in [0.4, 0.5) is 0 Å². The molecule has 0 saturated carbocycles. The molecule has 0 N–H and O–H groups in total. The molecule has 1 heterocycles. The third-order valence-electron chi connectivity index (χ3n) is 4.77. The highest BCUT2D eigenvalue weighted by Gasteiger charge is 2.15. The van der Waals surface area contributed by atoms with E-state index in [1.165, 1.54) is 4.90 Å². The molecule has 1 amide bonds. The normalized spacial score (nSPS) is 10.6. The molecule has 0 unspecified atom stereocenters. The highest BCUT2D eigenvalue weighted by atomic mass is 79.9. The van der Waals surface area contributed by atoms with Gasteiger partial charge in [-0.2, -0.15) is 0 Å². The Morgan fingerprint density at radius 2 is 1.81 bits per heavy atom. The summed E-state index contributed by atoms with van der Waals surface area (Å²) in [6.07, 6.45) is 0. The van der Waals surface area contributed by atoms with E-state index in [1.54, 1.807) is 31.3 Å².